The molecular weight excluding hydrogens is 346 g/mol. The first-order chi connectivity index (χ1) is 13.6. The smallest absolute Gasteiger partial charge is 0.237 e. The van der Waals surface area contributed by atoms with Crippen LogP contribution in [0.4, 0.5) is 0 Å². The highest BCUT2D eigenvalue weighted by molar-refractivity contribution is 5.80. The van der Waals surface area contributed by atoms with E-state index in [9.17, 15) is 4.79 Å². The van der Waals surface area contributed by atoms with Crippen molar-refractivity contribution in [1.82, 2.24) is 15.1 Å². The van der Waals surface area contributed by atoms with Crippen LogP contribution in [0.3, 0.4) is 0 Å². The maximum atomic E-state index is 13.6. The number of nitrogens with zero attached hydrogens (tertiary/aromatic N) is 2. The normalized spacial score (nSPS) is 37.8. The summed E-state index contributed by atoms with van der Waals surface area (Å²) in [6.07, 6.45) is 9.71. The second-order valence-electron chi connectivity index (χ2n) is 9.88. The number of hydrogen-bond acceptors (Lipinski definition) is 3. The van der Waals surface area contributed by atoms with Crippen LogP contribution in [0.1, 0.15) is 57.4 Å². The summed E-state index contributed by atoms with van der Waals surface area (Å²) < 4.78 is 0. The van der Waals surface area contributed by atoms with Crippen LogP contribution in [0, 0.1) is 5.41 Å². The number of rotatable bonds is 4. The standard InChI is InChI=1S/C24H35N3O/c1-24-16-20-19(15-18-9-3-2-4-10-18)25-21(24)11-5-6-12-22(24)27(20)23(28)17-26-13-7-8-14-26/h2-4,9-10,19-22,25H,5-8,11-17H2,1H3/t19-,20+,21-,22+,24-/m1/s1. The highest BCUT2D eigenvalue weighted by Crippen LogP contribution is 2.52. The molecule has 1 aliphatic carbocycles. The van der Waals surface area contributed by atoms with Gasteiger partial charge in [-0.25, -0.2) is 0 Å². The van der Waals surface area contributed by atoms with Gasteiger partial charge in [-0.1, -0.05) is 50.1 Å². The van der Waals surface area contributed by atoms with Crippen LogP contribution in [0.5, 0.6) is 0 Å². The number of benzene rings is 1. The molecule has 4 fully saturated rings. The molecule has 0 spiro atoms. The van der Waals surface area contributed by atoms with Crippen molar-refractivity contribution in [1.29, 1.82) is 0 Å². The quantitative estimate of drug-likeness (QED) is 0.870. The van der Waals surface area contributed by atoms with Gasteiger partial charge in [0.1, 0.15) is 0 Å². The summed E-state index contributed by atoms with van der Waals surface area (Å²) >= 11 is 0. The zero-order valence-electron chi connectivity index (χ0n) is 17.3. The zero-order chi connectivity index (χ0) is 19.1. The first-order valence-electron chi connectivity index (χ1n) is 11.5. The van der Waals surface area contributed by atoms with E-state index in [4.69, 9.17) is 0 Å². The first-order valence-corrected chi connectivity index (χ1v) is 11.5. The molecule has 1 N–H and O–H groups in total. The molecule has 4 heteroatoms. The molecule has 5 rings (SSSR count). The fraction of sp³-hybridized carbons (Fsp3) is 0.708. The van der Waals surface area contributed by atoms with Gasteiger partial charge in [-0.15, -0.1) is 0 Å². The second-order valence-corrected chi connectivity index (χ2v) is 9.88. The van der Waals surface area contributed by atoms with Crippen molar-refractivity contribution >= 4 is 5.91 Å². The summed E-state index contributed by atoms with van der Waals surface area (Å²) in [5.41, 5.74) is 1.63. The predicted octanol–water partition coefficient (Wildman–Crippen LogP) is 3.22. The third-order valence-corrected chi connectivity index (χ3v) is 8.14. The van der Waals surface area contributed by atoms with E-state index in [0.717, 1.165) is 19.5 Å². The fourth-order valence-corrected chi connectivity index (χ4v) is 6.71. The van der Waals surface area contributed by atoms with Crippen molar-refractivity contribution in [2.24, 2.45) is 5.41 Å². The third kappa shape index (κ3) is 3.19. The van der Waals surface area contributed by atoms with Crippen molar-refractivity contribution in [3.63, 3.8) is 0 Å². The van der Waals surface area contributed by atoms with E-state index in [1.54, 1.807) is 0 Å². The lowest BCUT2D eigenvalue weighted by Gasteiger charge is -2.43. The Hall–Kier alpha value is -1.39. The molecule has 4 nitrogen and oxygen atoms in total. The van der Waals surface area contributed by atoms with Gasteiger partial charge in [0.05, 0.1) is 6.54 Å². The lowest BCUT2D eigenvalue weighted by molar-refractivity contribution is -0.136. The summed E-state index contributed by atoms with van der Waals surface area (Å²) in [7, 11) is 0. The van der Waals surface area contributed by atoms with E-state index < -0.39 is 0 Å². The highest BCUT2D eigenvalue weighted by atomic mass is 16.2. The minimum absolute atomic E-state index is 0.245. The molecule has 28 heavy (non-hydrogen) atoms. The van der Waals surface area contributed by atoms with Gasteiger partial charge in [-0.2, -0.15) is 0 Å². The lowest BCUT2D eigenvalue weighted by atomic mass is 9.70. The fourth-order valence-electron chi connectivity index (χ4n) is 6.71. The van der Waals surface area contributed by atoms with Gasteiger partial charge in [0.15, 0.2) is 0 Å². The maximum Gasteiger partial charge on any atom is 0.237 e. The van der Waals surface area contributed by atoms with Gasteiger partial charge >= 0.3 is 0 Å². The predicted molar refractivity (Wildman–Crippen MR) is 112 cm³/mol. The molecule has 1 aromatic rings. The lowest BCUT2D eigenvalue weighted by Crippen LogP contribution is -2.58. The summed E-state index contributed by atoms with van der Waals surface area (Å²) in [6, 6.07) is 12.5. The number of amides is 1. The van der Waals surface area contributed by atoms with Crippen LogP contribution in [0.2, 0.25) is 0 Å². The van der Waals surface area contributed by atoms with Gasteiger partial charge in [0.25, 0.3) is 0 Å². The first kappa shape index (κ1) is 18.6. The molecule has 1 aromatic carbocycles. The summed E-state index contributed by atoms with van der Waals surface area (Å²) in [5.74, 6) is 0.392. The largest absolute Gasteiger partial charge is 0.333 e. The van der Waals surface area contributed by atoms with E-state index >= 15 is 0 Å². The average Bonchev–Trinajstić information content (AvgIpc) is 3.25. The third-order valence-electron chi connectivity index (χ3n) is 8.14. The topological polar surface area (TPSA) is 35.6 Å². The van der Waals surface area contributed by atoms with E-state index in [1.807, 2.05) is 0 Å². The minimum Gasteiger partial charge on any atom is -0.333 e. The van der Waals surface area contributed by atoms with Gasteiger partial charge in [0, 0.05) is 29.6 Å². The van der Waals surface area contributed by atoms with Crippen LogP contribution >= 0.6 is 0 Å². The number of piperidine rings is 1. The molecule has 4 aliphatic rings. The molecule has 1 saturated carbocycles. The van der Waals surface area contributed by atoms with Crippen molar-refractivity contribution in [3.05, 3.63) is 35.9 Å². The van der Waals surface area contributed by atoms with Gasteiger partial charge in [0.2, 0.25) is 5.91 Å². The number of likely N-dealkylation sites (tertiary alicyclic amines) is 2. The molecular formula is C24H35N3O. The molecule has 5 atom stereocenters. The van der Waals surface area contributed by atoms with Crippen LogP contribution in [-0.4, -0.2) is 59.5 Å². The Balaban J connectivity index is 1.43. The zero-order valence-corrected chi connectivity index (χ0v) is 17.3. The Morgan fingerprint density at radius 1 is 1.11 bits per heavy atom. The molecule has 3 saturated heterocycles. The molecule has 152 valence electrons. The van der Waals surface area contributed by atoms with Gasteiger partial charge < -0.3 is 10.2 Å². The minimum atomic E-state index is 0.245. The number of carbonyl (C=O) groups is 1. The summed E-state index contributed by atoms with van der Waals surface area (Å²) in [4.78, 5) is 18.3. The average molecular weight is 382 g/mol. The highest BCUT2D eigenvalue weighted by Gasteiger charge is 2.60. The summed E-state index contributed by atoms with van der Waals surface area (Å²) in [5, 5.41) is 4.05. The Morgan fingerprint density at radius 3 is 2.64 bits per heavy atom. The van der Waals surface area contributed by atoms with E-state index in [2.05, 4.69) is 52.4 Å². The van der Waals surface area contributed by atoms with Crippen LogP contribution < -0.4 is 5.32 Å². The molecule has 0 aromatic heterocycles. The van der Waals surface area contributed by atoms with Crippen molar-refractivity contribution in [2.45, 2.75) is 82.5 Å². The number of carbonyl (C=O) groups excluding carboxylic acids is 1. The number of nitrogens with one attached hydrogen (secondary N) is 1. The monoisotopic (exact) mass is 381 g/mol. The SMILES string of the molecule is C[C@@]12C[C@H]3[C@@H](Cc4ccccc4)N[C@@H]1CCCC[C@@H]2N3C(=O)CN1CCCC1. The van der Waals surface area contributed by atoms with Crippen LogP contribution in [0.15, 0.2) is 30.3 Å². The summed E-state index contributed by atoms with van der Waals surface area (Å²) in [6.45, 7) is 5.29. The van der Waals surface area contributed by atoms with Crippen LogP contribution in [0.25, 0.3) is 0 Å². The Bertz CT molecular complexity index is 701. The van der Waals surface area contributed by atoms with E-state index in [1.165, 1.54) is 50.5 Å². The van der Waals surface area contributed by atoms with Crippen LogP contribution in [-0.2, 0) is 11.2 Å². The number of hydrogen-bond donors (Lipinski definition) is 1. The van der Waals surface area contributed by atoms with Gasteiger partial charge in [-0.05, 0) is 57.2 Å². The van der Waals surface area contributed by atoms with Crippen molar-refractivity contribution in [2.75, 3.05) is 19.6 Å². The van der Waals surface area contributed by atoms with Crippen molar-refractivity contribution < 1.29 is 4.79 Å². The second kappa shape index (κ2) is 7.46. The molecule has 3 heterocycles. The van der Waals surface area contributed by atoms with Gasteiger partial charge in [-0.3, -0.25) is 9.69 Å². The van der Waals surface area contributed by atoms with E-state index in [0.29, 0.717) is 36.6 Å². The molecule has 2 bridgehead atoms. The van der Waals surface area contributed by atoms with E-state index in [-0.39, 0.29) is 5.41 Å². The van der Waals surface area contributed by atoms with Crippen molar-refractivity contribution in [3.8, 4) is 0 Å². The molecule has 0 radical (unpaired) electrons. The Kier molecular flexibility index (Phi) is 4.96. The molecule has 1 amide bonds. The Morgan fingerprint density at radius 2 is 1.86 bits per heavy atom. The Labute approximate surface area is 169 Å². The molecule has 0 unspecified atom stereocenters. The molecule has 3 aliphatic heterocycles. The maximum absolute atomic E-state index is 13.6. The number of fused-ring (bicyclic) bond motifs is 1.